The number of carbonyl (C=O) groups is 6. The third-order valence-electron chi connectivity index (χ3n) is 4.53. The Balaban J connectivity index is 6.03. The quantitative estimate of drug-likeness (QED) is 0.0655. The van der Waals surface area contributed by atoms with E-state index in [1.165, 1.54) is 0 Å². The van der Waals surface area contributed by atoms with E-state index < -0.39 is 55.4 Å². The molecular weight excluding hydrogens is 623 g/mol. The molecule has 0 saturated carbocycles. The van der Waals surface area contributed by atoms with E-state index in [1.54, 1.807) is 20.8 Å². The van der Waals surface area contributed by atoms with E-state index in [9.17, 15) is 28.8 Å². The van der Waals surface area contributed by atoms with Crippen LogP contribution in [-0.4, -0.2) is 75.3 Å². The number of ether oxygens (including phenoxy) is 3. The van der Waals surface area contributed by atoms with Crippen LogP contribution in [0.2, 0.25) is 4.44 Å². The second-order valence-corrected chi connectivity index (χ2v) is 14.8. The Morgan fingerprint density at radius 2 is 0.769 bits per heavy atom. The van der Waals surface area contributed by atoms with Gasteiger partial charge in [0.25, 0.3) is 0 Å². The Kier molecular flexibility index (Phi) is 20.0. The molecule has 13 heteroatoms. The van der Waals surface area contributed by atoms with Crippen molar-refractivity contribution >= 4 is 55.4 Å². The van der Waals surface area contributed by atoms with Crippen LogP contribution in [0.15, 0.2) is 36.5 Å². The second-order valence-electron chi connectivity index (χ2n) is 7.72. The molecule has 218 valence electrons. The van der Waals surface area contributed by atoms with E-state index in [0.717, 1.165) is 62.1 Å². The Morgan fingerprint density at radius 3 is 1.10 bits per heavy atom. The second kappa shape index (κ2) is 21.7. The molecule has 0 unspecified atom stereocenters. The van der Waals surface area contributed by atoms with Gasteiger partial charge in [-0.3, -0.25) is 0 Å². The third-order valence-corrected chi connectivity index (χ3v) is 11.7. The zero-order valence-corrected chi connectivity index (χ0v) is 25.8. The van der Waals surface area contributed by atoms with Gasteiger partial charge in [0.2, 0.25) is 0 Å². The molecule has 0 saturated heterocycles. The van der Waals surface area contributed by atoms with Crippen molar-refractivity contribution in [2.75, 3.05) is 19.8 Å². The molecule has 0 aromatic carbocycles. The summed E-state index contributed by atoms with van der Waals surface area (Å²) in [6, 6.07) is 0. The molecule has 0 heterocycles. The van der Waals surface area contributed by atoms with Gasteiger partial charge >= 0.3 is 235 Å². The van der Waals surface area contributed by atoms with Crippen molar-refractivity contribution in [3.63, 3.8) is 0 Å². The molecule has 0 aliphatic rings. The molecule has 0 bridgehead atoms. The number of hydrogen-bond donors (Lipinski definition) is 0. The topological polar surface area (TPSA) is 158 Å². The van der Waals surface area contributed by atoms with E-state index in [0.29, 0.717) is 12.8 Å². The predicted octanol–water partition coefficient (Wildman–Crippen LogP) is 3.27. The molecule has 0 spiro atoms. The average molecular weight is 661 g/mol. The molecule has 0 radical (unpaired) electrons. The SMILES string of the molecule is CCCCCCC[CH2][Sn]([O]C(=O)C=CC(=O)OCC)([O]C(=O)C=CC(=O)OCC)[O]C(=O)C=CC(=O)OCC. The van der Waals surface area contributed by atoms with Gasteiger partial charge in [-0.2, -0.15) is 0 Å². The van der Waals surface area contributed by atoms with Gasteiger partial charge in [0, 0.05) is 0 Å². The Hall–Kier alpha value is -3.16. The van der Waals surface area contributed by atoms with Gasteiger partial charge in [-0.1, -0.05) is 0 Å². The Labute approximate surface area is 234 Å². The van der Waals surface area contributed by atoms with Crippen LogP contribution >= 0.6 is 0 Å². The summed E-state index contributed by atoms with van der Waals surface area (Å²) in [5, 5.41) is 0. The van der Waals surface area contributed by atoms with Crippen molar-refractivity contribution in [1.29, 1.82) is 0 Å². The fraction of sp³-hybridized carbons (Fsp3) is 0.538. The van der Waals surface area contributed by atoms with Gasteiger partial charge in [0.1, 0.15) is 0 Å². The van der Waals surface area contributed by atoms with Gasteiger partial charge in [0.05, 0.1) is 0 Å². The van der Waals surface area contributed by atoms with Crippen LogP contribution in [-0.2, 0) is 52.2 Å². The van der Waals surface area contributed by atoms with E-state index in [4.69, 9.17) is 23.4 Å². The van der Waals surface area contributed by atoms with Gasteiger partial charge in [-0.05, 0) is 0 Å². The Morgan fingerprint density at radius 1 is 0.462 bits per heavy atom. The van der Waals surface area contributed by atoms with Gasteiger partial charge in [0.15, 0.2) is 0 Å². The monoisotopic (exact) mass is 662 g/mol. The standard InChI is InChI=1S/C8H17.3C6H8O4.Sn/c1-3-5-7-8-6-4-2;3*1-2-10-6(9)4-3-5(7)8;/h1,3-8H2,2H3;3*3-4H,2H2,1H3,(H,7,8);/q;;;;+3/p-3. The molecule has 0 fully saturated rings. The molecular formula is C26H38O12Sn. The molecule has 39 heavy (non-hydrogen) atoms. The van der Waals surface area contributed by atoms with Crippen LogP contribution in [0, 0.1) is 0 Å². The number of carbonyl (C=O) groups excluding carboxylic acids is 6. The average Bonchev–Trinajstić information content (AvgIpc) is 2.87. The summed E-state index contributed by atoms with van der Waals surface area (Å²) in [6.45, 7) is 7.05. The van der Waals surface area contributed by atoms with Crippen LogP contribution in [0.5, 0.6) is 0 Å². The maximum absolute atomic E-state index is 12.6. The van der Waals surface area contributed by atoms with Crippen LogP contribution in [0.3, 0.4) is 0 Å². The molecule has 0 N–H and O–H groups in total. The molecule has 0 aliphatic carbocycles. The first kappa shape index (κ1) is 35.8. The Bertz CT molecular complexity index is 804. The summed E-state index contributed by atoms with van der Waals surface area (Å²) in [5.41, 5.74) is 0. The first-order valence-corrected chi connectivity index (χ1v) is 18.4. The van der Waals surface area contributed by atoms with E-state index in [-0.39, 0.29) is 24.3 Å². The van der Waals surface area contributed by atoms with E-state index >= 15 is 0 Å². The van der Waals surface area contributed by atoms with Crippen molar-refractivity contribution in [1.82, 2.24) is 0 Å². The summed E-state index contributed by atoms with van der Waals surface area (Å²) >= 11 is -5.45. The molecule has 0 aromatic heterocycles. The zero-order chi connectivity index (χ0) is 29.5. The molecule has 12 nitrogen and oxygen atoms in total. The van der Waals surface area contributed by atoms with Crippen molar-refractivity contribution in [2.24, 2.45) is 0 Å². The number of rotatable bonds is 19. The summed E-state index contributed by atoms with van der Waals surface area (Å²) in [6.07, 6.45) is 9.66. The summed E-state index contributed by atoms with van der Waals surface area (Å²) in [5.74, 6) is -5.74. The number of esters is 3. The molecule has 0 aromatic rings. The van der Waals surface area contributed by atoms with Crippen LogP contribution in [0.25, 0.3) is 0 Å². The first-order chi connectivity index (χ1) is 18.6. The minimum atomic E-state index is -5.45. The molecule has 0 aliphatic heterocycles. The van der Waals surface area contributed by atoms with Crippen LogP contribution in [0.4, 0.5) is 0 Å². The maximum atomic E-state index is 12.6. The fourth-order valence-corrected chi connectivity index (χ4v) is 9.27. The zero-order valence-electron chi connectivity index (χ0n) is 22.9. The summed E-state index contributed by atoms with van der Waals surface area (Å²) < 4.78 is 30.4. The van der Waals surface area contributed by atoms with Crippen molar-refractivity contribution < 1.29 is 52.2 Å². The summed E-state index contributed by atoms with van der Waals surface area (Å²) in [4.78, 5) is 72.5. The summed E-state index contributed by atoms with van der Waals surface area (Å²) in [7, 11) is 0. The first-order valence-electron chi connectivity index (χ1n) is 12.8. The van der Waals surface area contributed by atoms with Crippen molar-refractivity contribution in [3.05, 3.63) is 36.5 Å². The van der Waals surface area contributed by atoms with Crippen molar-refractivity contribution in [3.8, 4) is 0 Å². The van der Waals surface area contributed by atoms with Crippen LogP contribution < -0.4 is 0 Å². The van der Waals surface area contributed by atoms with Gasteiger partial charge in [-0.15, -0.1) is 0 Å². The molecule has 0 amide bonds. The third kappa shape index (κ3) is 18.7. The van der Waals surface area contributed by atoms with E-state index in [1.807, 2.05) is 0 Å². The van der Waals surface area contributed by atoms with Crippen LogP contribution in [0.1, 0.15) is 66.2 Å². The normalized spacial score (nSPS) is 12.6. The number of hydrogen-bond acceptors (Lipinski definition) is 12. The van der Waals surface area contributed by atoms with Gasteiger partial charge in [-0.25, -0.2) is 0 Å². The molecule has 0 atom stereocenters. The minimum absolute atomic E-state index is 0.0717. The fourth-order valence-electron chi connectivity index (χ4n) is 2.88. The molecule has 0 rings (SSSR count). The predicted molar refractivity (Wildman–Crippen MR) is 140 cm³/mol. The van der Waals surface area contributed by atoms with Gasteiger partial charge < -0.3 is 0 Å². The van der Waals surface area contributed by atoms with Crippen molar-refractivity contribution in [2.45, 2.75) is 70.7 Å². The number of unbranched alkanes of at least 4 members (excludes halogenated alkanes) is 5. The van der Waals surface area contributed by atoms with E-state index in [2.05, 4.69) is 6.92 Å².